The summed E-state index contributed by atoms with van der Waals surface area (Å²) in [6.45, 7) is 3.12. The first-order valence-electron chi connectivity index (χ1n) is 14.7. The highest BCUT2D eigenvalue weighted by molar-refractivity contribution is 5.97. The molecule has 0 radical (unpaired) electrons. The molecule has 11 nitrogen and oxygen atoms in total. The van der Waals surface area contributed by atoms with E-state index in [1.807, 2.05) is 60.7 Å². The average Bonchev–Trinajstić information content (AvgIpc) is 3.08. The number of amides is 3. The number of benzene rings is 3. The zero-order valence-electron chi connectivity index (χ0n) is 24.8. The number of rotatable bonds is 9. The minimum atomic E-state index is -1.06. The molecule has 0 saturated carbocycles. The first kappa shape index (κ1) is 30.9. The maximum absolute atomic E-state index is 13.9. The van der Waals surface area contributed by atoms with Crippen LogP contribution >= 0.6 is 0 Å². The third-order valence-electron chi connectivity index (χ3n) is 7.42. The summed E-state index contributed by atoms with van der Waals surface area (Å²) in [6, 6.07) is 25.5. The van der Waals surface area contributed by atoms with Gasteiger partial charge in [-0.2, -0.15) is 0 Å². The molecular formula is C34H33N5O6. The van der Waals surface area contributed by atoms with Gasteiger partial charge in [0, 0.05) is 43.7 Å². The second-order valence-electron chi connectivity index (χ2n) is 10.4. The largest absolute Gasteiger partial charge is 0.478 e. The summed E-state index contributed by atoms with van der Waals surface area (Å²) in [5.74, 6) is -1.58. The van der Waals surface area contributed by atoms with Gasteiger partial charge in [-0.05, 0) is 30.7 Å². The lowest BCUT2D eigenvalue weighted by atomic mass is 10.0. The number of carboxylic acids is 1. The Morgan fingerprint density at radius 3 is 2.02 bits per heavy atom. The summed E-state index contributed by atoms with van der Waals surface area (Å²) in [5.41, 5.74) is 2.96. The number of carboxylic acid groups (broad SMARTS) is 1. The molecule has 1 unspecified atom stereocenters. The van der Waals surface area contributed by atoms with E-state index in [-0.39, 0.29) is 43.3 Å². The van der Waals surface area contributed by atoms with Crippen LogP contribution in [0.15, 0.2) is 91.0 Å². The van der Waals surface area contributed by atoms with Gasteiger partial charge in [0.1, 0.15) is 11.7 Å². The normalized spacial score (nSPS) is 13.5. The predicted molar refractivity (Wildman–Crippen MR) is 166 cm³/mol. The van der Waals surface area contributed by atoms with Crippen LogP contribution in [0.3, 0.4) is 0 Å². The lowest BCUT2D eigenvalue weighted by Crippen LogP contribution is -2.56. The Morgan fingerprint density at radius 1 is 0.822 bits per heavy atom. The van der Waals surface area contributed by atoms with Gasteiger partial charge in [-0.1, -0.05) is 72.8 Å². The van der Waals surface area contributed by atoms with Crippen LogP contribution in [-0.2, 0) is 16.0 Å². The van der Waals surface area contributed by atoms with Crippen molar-refractivity contribution >= 4 is 23.9 Å². The van der Waals surface area contributed by atoms with Gasteiger partial charge >= 0.3 is 12.1 Å². The lowest BCUT2D eigenvalue weighted by Gasteiger charge is -2.36. The zero-order valence-corrected chi connectivity index (χ0v) is 24.8. The molecule has 45 heavy (non-hydrogen) atoms. The standard InChI is InChI=1S/C34H33N5O6/c1-2-45-34(44)39-19-17-38(18-20-39)32(41)29(21-23-13-15-26(16-14-23)33(42)43)37-31(40)28-22-27(24-9-5-3-6-10-24)35-30(36-28)25-11-7-4-8-12-25/h3-16,22,29H,2,17-21H2,1H3,(H,37,40)(H,42,43). The molecule has 3 aromatic carbocycles. The summed E-state index contributed by atoms with van der Waals surface area (Å²) in [6.07, 6.45) is -0.315. The smallest absolute Gasteiger partial charge is 0.409 e. The van der Waals surface area contributed by atoms with E-state index in [1.54, 1.807) is 34.9 Å². The number of aromatic nitrogens is 2. The fourth-order valence-corrected chi connectivity index (χ4v) is 5.03. The molecule has 11 heteroatoms. The third-order valence-corrected chi connectivity index (χ3v) is 7.42. The second kappa shape index (κ2) is 14.3. The van der Waals surface area contributed by atoms with E-state index < -0.39 is 24.0 Å². The monoisotopic (exact) mass is 607 g/mol. The molecule has 2 heterocycles. The summed E-state index contributed by atoms with van der Waals surface area (Å²) in [5, 5.41) is 12.2. The summed E-state index contributed by atoms with van der Waals surface area (Å²) in [4.78, 5) is 63.7. The van der Waals surface area contributed by atoms with Gasteiger partial charge in [-0.3, -0.25) is 9.59 Å². The number of hydrogen-bond donors (Lipinski definition) is 2. The molecule has 5 rings (SSSR count). The number of aromatic carboxylic acids is 1. The number of nitrogens with zero attached hydrogens (tertiary/aromatic N) is 4. The van der Waals surface area contributed by atoms with Crippen molar-refractivity contribution in [1.82, 2.24) is 25.1 Å². The Bertz CT molecular complexity index is 1600. The zero-order chi connectivity index (χ0) is 31.8. The Hall–Kier alpha value is -5.58. The molecule has 1 aliphatic rings. The van der Waals surface area contributed by atoms with E-state index in [4.69, 9.17) is 9.72 Å². The maximum Gasteiger partial charge on any atom is 0.409 e. The molecule has 0 aliphatic carbocycles. The first-order chi connectivity index (χ1) is 21.8. The molecular weight excluding hydrogens is 574 g/mol. The van der Waals surface area contributed by atoms with Crippen LogP contribution in [0.4, 0.5) is 4.79 Å². The van der Waals surface area contributed by atoms with Gasteiger partial charge in [-0.15, -0.1) is 0 Å². The van der Waals surface area contributed by atoms with Gasteiger partial charge in [0.25, 0.3) is 5.91 Å². The van der Waals surface area contributed by atoms with Crippen molar-refractivity contribution in [2.24, 2.45) is 0 Å². The van der Waals surface area contributed by atoms with E-state index in [0.717, 1.165) is 11.1 Å². The molecule has 1 saturated heterocycles. The molecule has 0 spiro atoms. The van der Waals surface area contributed by atoms with Crippen LogP contribution in [0, 0.1) is 0 Å². The Morgan fingerprint density at radius 2 is 1.42 bits per heavy atom. The number of ether oxygens (including phenoxy) is 1. The van der Waals surface area contributed by atoms with Crippen molar-refractivity contribution in [3.05, 3.63) is 108 Å². The molecule has 3 amide bonds. The molecule has 4 aromatic rings. The quantitative estimate of drug-likeness (QED) is 0.289. The van der Waals surface area contributed by atoms with Gasteiger partial charge in [0.15, 0.2) is 5.82 Å². The van der Waals surface area contributed by atoms with Crippen LogP contribution < -0.4 is 5.32 Å². The number of carbonyl (C=O) groups excluding carboxylic acids is 3. The van der Waals surface area contributed by atoms with E-state index in [2.05, 4.69) is 10.3 Å². The molecule has 230 valence electrons. The van der Waals surface area contributed by atoms with E-state index in [1.165, 1.54) is 12.1 Å². The van der Waals surface area contributed by atoms with Crippen molar-refractivity contribution in [2.75, 3.05) is 32.8 Å². The summed E-state index contributed by atoms with van der Waals surface area (Å²) >= 11 is 0. The maximum atomic E-state index is 13.9. The number of nitrogens with one attached hydrogen (secondary N) is 1. The number of carbonyl (C=O) groups is 4. The summed E-state index contributed by atoms with van der Waals surface area (Å²) in [7, 11) is 0. The topological polar surface area (TPSA) is 142 Å². The predicted octanol–water partition coefficient (Wildman–Crippen LogP) is 4.15. The van der Waals surface area contributed by atoms with Crippen LogP contribution in [0.5, 0.6) is 0 Å². The third kappa shape index (κ3) is 7.69. The van der Waals surface area contributed by atoms with E-state index in [0.29, 0.717) is 30.2 Å². The number of hydrogen-bond acceptors (Lipinski definition) is 7. The molecule has 2 N–H and O–H groups in total. The molecule has 1 aliphatic heterocycles. The second-order valence-corrected chi connectivity index (χ2v) is 10.4. The summed E-state index contributed by atoms with van der Waals surface area (Å²) < 4.78 is 5.09. The van der Waals surface area contributed by atoms with E-state index in [9.17, 15) is 24.3 Å². The minimum Gasteiger partial charge on any atom is -0.478 e. The van der Waals surface area contributed by atoms with Gasteiger partial charge in [-0.25, -0.2) is 19.6 Å². The minimum absolute atomic E-state index is 0.0915. The van der Waals surface area contributed by atoms with Gasteiger partial charge in [0.2, 0.25) is 5.91 Å². The van der Waals surface area contributed by atoms with Gasteiger partial charge in [0.05, 0.1) is 17.9 Å². The van der Waals surface area contributed by atoms with Crippen molar-refractivity contribution in [3.63, 3.8) is 0 Å². The van der Waals surface area contributed by atoms with Crippen LogP contribution in [0.1, 0.15) is 33.3 Å². The average molecular weight is 608 g/mol. The van der Waals surface area contributed by atoms with Crippen LogP contribution in [-0.4, -0.2) is 87.6 Å². The SMILES string of the molecule is CCOC(=O)N1CCN(C(=O)C(Cc2ccc(C(=O)O)cc2)NC(=O)c2cc(-c3ccccc3)nc(-c3ccccc3)n2)CC1. The van der Waals surface area contributed by atoms with Crippen LogP contribution in [0.2, 0.25) is 0 Å². The lowest BCUT2D eigenvalue weighted by molar-refractivity contribution is -0.134. The van der Waals surface area contributed by atoms with Crippen molar-refractivity contribution in [3.8, 4) is 22.6 Å². The first-order valence-corrected chi connectivity index (χ1v) is 14.7. The molecule has 1 atom stereocenters. The van der Waals surface area contributed by atoms with Crippen molar-refractivity contribution in [1.29, 1.82) is 0 Å². The fourth-order valence-electron chi connectivity index (χ4n) is 5.03. The Balaban J connectivity index is 1.43. The van der Waals surface area contributed by atoms with E-state index >= 15 is 0 Å². The Kier molecular flexibility index (Phi) is 9.78. The molecule has 1 fully saturated rings. The highest BCUT2D eigenvalue weighted by Crippen LogP contribution is 2.23. The van der Waals surface area contributed by atoms with Crippen molar-refractivity contribution in [2.45, 2.75) is 19.4 Å². The molecule has 1 aromatic heterocycles. The fraction of sp³-hybridized carbons (Fsp3) is 0.235. The van der Waals surface area contributed by atoms with Crippen molar-refractivity contribution < 1.29 is 29.0 Å². The van der Waals surface area contributed by atoms with Crippen LogP contribution in [0.25, 0.3) is 22.6 Å². The Labute approximate surface area is 260 Å². The highest BCUT2D eigenvalue weighted by Gasteiger charge is 2.31. The van der Waals surface area contributed by atoms with Gasteiger partial charge < -0.3 is 25.0 Å². The highest BCUT2D eigenvalue weighted by atomic mass is 16.6. The number of piperazine rings is 1. The molecule has 0 bridgehead atoms.